The highest BCUT2D eigenvalue weighted by atomic mass is 16.5. The third kappa shape index (κ3) is 1.44. The molecule has 0 aromatic carbocycles. The summed E-state index contributed by atoms with van der Waals surface area (Å²) < 4.78 is 5.34. The van der Waals surface area contributed by atoms with E-state index >= 15 is 0 Å². The van der Waals surface area contributed by atoms with E-state index in [0.29, 0.717) is 19.4 Å². The number of carbonyl (C=O) groups is 1. The number of carbonyl (C=O) groups excluding carboxylic acids is 1. The fourth-order valence-electron chi connectivity index (χ4n) is 1.60. The number of nitrogens with one attached hydrogen (secondary N) is 1. The minimum absolute atomic E-state index is 0.204. The van der Waals surface area contributed by atoms with Crippen LogP contribution in [0, 0.1) is 0 Å². The molecule has 0 aliphatic heterocycles. The number of primary amides is 1. The molecule has 3 N–H and O–H groups in total. The number of hydrogen-bond donors (Lipinski definition) is 2. The van der Waals surface area contributed by atoms with Gasteiger partial charge in [0.2, 0.25) is 5.91 Å². The molecule has 0 unspecified atom stereocenters. The molecule has 4 nitrogen and oxygen atoms in total. The van der Waals surface area contributed by atoms with Gasteiger partial charge in [-0.25, -0.2) is 0 Å². The predicted molar refractivity (Wildman–Crippen MR) is 45.6 cm³/mol. The lowest BCUT2D eigenvalue weighted by atomic mass is 9.73. The Morgan fingerprint density at radius 3 is 2.67 bits per heavy atom. The first-order valence-electron chi connectivity index (χ1n) is 4.25. The van der Waals surface area contributed by atoms with E-state index in [0.717, 1.165) is 0 Å². The van der Waals surface area contributed by atoms with Crippen LogP contribution in [0.2, 0.25) is 0 Å². The van der Waals surface area contributed by atoms with Crippen LogP contribution in [0.1, 0.15) is 19.8 Å². The molecule has 1 aliphatic rings. The molecule has 1 amide bonds. The lowest BCUT2D eigenvalue weighted by Gasteiger charge is -2.44. The quantitative estimate of drug-likeness (QED) is 0.608. The number of hydrogen-bond acceptors (Lipinski definition) is 3. The maximum atomic E-state index is 11.0. The van der Waals surface area contributed by atoms with Crippen LogP contribution >= 0.6 is 0 Å². The van der Waals surface area contributed by atoms with Crippen molar-refractivity contribution in [2.45, 2.75) is 31.4 Å². The van der Waals surface area contributed by atoms with Gasteiger partial charge in [-0.2, -0.15) is 0 Å². The van der Waals surface area contributed by atoms with Crippen LogP contribution in [-0.4, -0.2) is 31.2 Å². The number of likely N-dealkylation sites (N-methyl/N-ethyl adjacent to an activating group) is 1. The van der Waals surface area contributed by atoms with Crippen LogP contribution in [0.3, 0.4) is 0 Å². The van der Waals surface area contributed by atoms with Gasteiger partial charge in [-0.05, 0) is 14.0 Å². The van der Waals surface area contributed by atoms with E-state index in [1.54, 1.807) is 7.05 Å². The fraction of sp³-hybridized carbons (Fsp3) is 0.875. The first-order valence-corrected chi connectivity index (χ1v) is 4.25. The summed E-state index contributed by atoms with van der Waals surface area (Å²) in [5.41, 5.74) is 4.74. The first-order chi connectivity index (χ1) is 5.64. The summed E-state index contributed by atoms with van der Waals surface area (Å²) in [6.07, 6.45) is 1.61. The summed E-state index contributed by atoms with van der Waals surface area (Å²) in [7, 11) is 1.76. The van der Waals surface area contributed by atoms with E-state index in [1.165, 1.54) is 0 Å². The van der Waals surface area contributed by atoms with Crippen LogP contribution in [0.25, 0.3) is 0 Å². The van der Waals surface area contributed by atoms with Crippen molar-refractivity contribution in [3.05, 3.63) is 0 Å². The van der Waals surface area contributed by atoms with Gasteiger partial charge < -0.3 is 15.8 Å². The van der Waals surface area contributed by atoms with Gasteiger partial charge in [0.1, 0.15) is 5.54 Å². The molecule has 1 rings (SSSR count). The molecule has 0 saturated heterocycles. The summed E-state index contributed by atoms with van der Waals surface area (Å²) in [6.45, 7) is 2.65. The molecule has 0 aromatic rings. The second kappa shape index (κ2) is 3.41. The van der Waals surface area contributed by atoms with Gasteiger partial charge in [0.25, 0.3) is 0 Å². The monoisotopic (exact) mass is 172 g/mol. The third-order valence-electron chi connectivity index (χ3n) is 2.50. The van der Waals surface area contributed by atoms with E-state index in [9.17, 15) is 4.79 Å². The summed E-state index contributed by atoms with van der Waals surface area (Å²) in [5.74, 6) is -0.277. The number of rotatable bonds is 4. The molecule has 4 heteroatoms. The summed E-state index contributed by atoms with van der Waals surface area (Å²) in [6, 6.07) is 0. The second-order valence-corrected chi connectivity index (χ2v) is 3.18. The van der Waals surface area contributed by atoms with Crippen LogP contribution in [0.4, 0.5) is 0 Å². The zero-order chi connectivity index (χ0) is 9.19. The normalized spacial score (nSPS) is 34.3. The van der Waals surface area contributed by atoms with Gasteiger partial charge in [0, 0.05) is 19.4 Å². The lowest BCUT2D eigenvalue weighted by molar-refractivity contribution is -0.136. The Balaban J connectivity index is 2.41. The van der Waals surface area contributed by atoms with Crippen molar-refractivity contribution < 1.29 is 9.53 Å². The van der Waals surface area contributed by atoms with Gasteiger partial charge in [0.05, 0.1) is 6.10 Å². The molecule has 0 heterocycles. The molecule has 0 atom stereocenters. The topological polar surface area (TPSA) is 64.3 Å². The van der Waals surface area contributed by atoms with Crippen molar-refractivity contribution in [3.63, 3.8) is 0 Å². The van der Waals surface area contributed by atoms with Gasteiger partial charge >= 0.3 is 0 Å². The predicted octanol–water partition coefficient (Wildman–Crippen LogP) is -0.371. The third-order valence-corrected chi connectivity index (χ3v) is 2.50. The van der Waals surface area contributed by atoms with Crippen LogP contribution in [0.15, 0.2) is 0 Å². The van der Waals surface area contributed by atoms with Gasteiger partial charge in [0.15, 0.2) is 0 Å². The van der Waals surface area contributed by atoms with Gasteiger partial charge in [-0.1, -0.05) is 0 Å². The van der Waals surface area contributed by atoms with Gasteiger partial charge in [-0.15, -0.1) is 0 Å². The van der Waals surface area contributed by atoms with Crippen molar-refractivity contribution in [3.8, 4) is 0 Å². The molecule has 0 bridgehead atoms. The van der Waals surface area contributed by atoms with Crippen molar-refractivity contribution in [2.75, 3.05) is 13.7 Å². The summed E-state index contributed by atoms with van der Waals surface area (Å²) in [5, 5.41) is 2.95. The largest absolute Gasteiger partial charge is 0.378 e. The smallest absolute Gasteiger partial charge is 0.237 e. The average molecular weight is 172 g/mol. The number of ether oxygens (including phenoxy) is 1. The molecule has 0 aromatic heterocycles. The number of nitrogens with two attached hydrogens (primary N) is 1. The highest BCUT2D eigenvalue weighted by Crippen LogP contribution is 2.33. The average Bonchev–Trinajstić information content (AvgIpc) is 1.95. The fourth-order valence-corrected chi connectivity index (χ4v) is 1.60. The van der Waals surface area contributed by atoms with Crippen molar-refractivity contribution in [2.24, 2.45) is 5.73 Å². The minimum atomic E-state index is -0.500. The standard InChI is InChI=1S/C8H16N2O2/c1-3-12-6-4-8(5-6,10-2)7(9)11/h6,10H,3-5H2,1-2H3,(H2,9,11). The molecular weight excluding hydrogens is 156 g/mol. The van der Waals surface area contributed by atoms with Gasteiger partial charge in [-0.3, -0.25) is 4.79 Å². The first kappa shape index (κ1) is 9.48. The van der Waals surface area contributed by atoms with E-state index in [1.807, 2.05) is 6.92 Å². The van der Waals surface area contributed by atoms with E-state index in [2.05, 4.69) is 5.32 Å². The molecule has 1 aliphatic carbocycles. The zero-order valence-electron chi connectivity index (χ0n) is 7.59. The molecular formula is C8H16N2O2. The highest BCUT2D eigenvalue weighted by molar-refractivity contribution is 5.86. The van der Waals surface area contributed by atoms with Crippen LogP contribution in [-0.2, 0) is 9.53 Å². The summed E-state index contributed by atoms with van der Waals surface area (Å²) >= 11 is 0. The molecule has 70 valence electrons. The molecule has 1 saturated carbocycles. The molecule has 1 fully saturated rings. The van der Waals surface area contributed by atoms with E-state index in [4.69, 9.17) is 10.5 Å². The Bertz CT molecular complexity index is 176. The van der Waals surface area contributed by atoms with Crippen LogP contribution in [0.5, 0.6) is 0 Å². The van der Waals surface area contributed by atoms with Crippen molar-refractivity contribution >= 4 is 5.91 Å². The van der Waals surface area contributed by atoms with Crippen molar-refractivity contribution in [1.82, 2.24) is 5.32 Å². The van der Waals surface area contributed by atoms with E-state index in [-0.39, 0.29) is 12.0 Å². The molecule has 0 radical (unpaired) electrons. The maximum absolute atomic E-state index is 11.0. The SMILES string of the molecule is CCOC1CC(NC)(C(N)=O)C1. The van der Waals surface area contributed by atoms with Crippen LogP contribution < -0.4 is 11.1 Å². The minimum Gasteiger partial charge on any atom is -0.378 e. The number of amides is 1. The Labute approximate surface area is 72.5 Å². The lowest BCUT2D eigenvalue weighted by Crippen LogP contribution is -2.64. The maximum Gasteiger partial charge on any atom is 0.237 e. The molecule has 0 spiro atoms. The summed E-state index contributed by atoms with van der Waals surface area (Å²) in [4.78, 5) is 11.0. The second-order valence-electron chi connectivity index (χ2n) is 3.18. The van der Waals surface area contributed by atoms with Crippen molar-refractivity contribution in [1.29, 1.82) is 0 Å². The Hall–Kier alpha value is -0.610. The highest BCUT2D eigenvalue weighted by Gasteiger charge is 2.48. The Morgan fingerprint density at radius 2 is 2.33 bits per heavy atom. The van der Waals surface area contributed by atoms with E-state index < -0.39 is 5.54 Å². The zero-order valence-corrected chi connectivity index (χ0v) is 7.59. The molecule has 12 heavy (non-hydrogen) atoms. The Kier molecular flexibility index (Phi) is 2.69. The Morgan fingerprint density at radius 1 is 1.75 bits per heavy atom.